The van der Waals surface area contributed by atoms with Gasteiger partial charge in [0.25, 0.3) is 0 Å². The SMILES string of the molecule is CCc1nc2c(F)c(Cl)ccc2c(N)c1C. The minimum Gasteiger partial charge on any atom is -0.398 e. The van der Waals surface area contributed by atoms with Crippen molar-refractivity contribution in [2.24, 2.45) is 0 Å². The lowest BCUT2D eigenvalue weighted by Gasteiger charge is -2.10. The number of hydrogen-bond donors (Lipinski definition) is 1. The summed E-state index contributed by atoms with van der Waals surface area (Å²) < 4.78 is 13.8. The third kappa shape index (κ3) is 1.52. The highest BCUT2D eigenvalue weighted by molar-refractivity contribution is 6.31. The van der Waals surface area contributed by atoms with Gasteiger partial charge in [-0.3, -0.25) is 0 Å². The number of aromatic nitrogens is 1. The molecule has 0 bridgehead atoms. The van der Waals surface area contributed by atoms with Crippen LogP contribution in [0.3, 0.4) is 0 Å². The van der Waals surface area contributed by atoms with E-state index in [9.17, 15) is 4.39 Å². The number of nitrogens with two attached hydrogens (primary N) is 1. The fourth-order valence-corrected chi connectivity index (χ4v) is 1.94. The highest BCUT2D eigenvalue weighted by Crippen LogP contribution is 2.30. The first-order chi connectivity index (χ1) is 7.56. The van der Waals surface area contributed by atoms with Gasteiger partial charge in [-0.05, 0) is 31.0 Å². The van der Waals surface area contributed by atoms with Gasteiger partial charge in [-0.1, -0.05) is 18.5 Å². The van der Waals surface area contributed by atoms with Crippen LogP contribution in [-0.2, 0) is 6.42 Å². The Balaban J connectivity index is 2.93. The molecular formula is C12H12ClFN2. The number of pyridine rings is 1. The highest BCUT2D eigenvalue weighted by atomic mass is 35.5. The molecule has 2 N–H and O–H groups in total. The molecule has 1 heterocycles. The van der Waals surface area contributed by atoms with Gasteiger partial charge in [-0.25, -0.2) is 9.37 Å². The molecule has 1 aromatic heterocycles. The van der Waals surface area contributed by atoms with Crippen LogP contribution in [0.2, 0.25) is 5.02 Å². The molecule has 0 aliphatic rings. The van der Waals surface area contributed by atoms with E-state index in [4.69, 9.17) is 17.3 Å². The van der Waals surface area contributed by atoms with Crippen LogP contribution in [0.5, 0.6) is 0 Å². The predicted octanol–water partition coefficient (Wildman–Crippen LogP) is 3.48. The Labute approximate surface area is 98.2 Å². The highest BCUT2D eigenvalue weighted by Gasteiger charge is 2.13. The van der Waals surface area contributed by atoms with E-state index in [2.05, 4.69) is 4.98 Å². The van der Waals surface area contributed by atoms with E-state index in [1.807, 2.05) is 13.8 Å². The molecule has 2 rings (SSSR count). The van der Waals surface area contributed by atoms with E-state index in [-0.39, 0.29) is 10.5 Å². The van der Waals surface area contributed by atoms with Crippen LogP contribution in [0.4, 0.5) is 10.1 Å². The lowest BCUT2D eigenvalue weighted by atomic mass is 10.1. The fourth-order valence-electron chi connectivity index (χ4n) is 1.79. The van der Waals surface area contributed by atoms with E-state index in [1.54, 1.807) is 6.07 Å². The second-order valence-corrected chi connectivity index (χ2v) is 4.12. The topological polar surface area (TPSA) is 38.9 Å². The average molecular weight is 239 g/mol. The quantitative estimate of drug-likeness (QED) is 0.826. The van der Waals surface area contributed by atoms with E-state index >= 15 is 0 Å². The van der Waals surface area contributed by atoms with Gasteiger partial charge < -0.3 is 5.73 Å². The number of hydrogen-bond acceptors (Lipinski definition) is 2. The summed E-state index contributed by atoms with van der Waals surface area (Å²) >= 11 is 5.72. The summed E-state index contributed by atoms with van der Waals surface area (Å²) in [5.74, 6) is -0.499. The minimum atomic E-state index is -0.499. The smallest absolute Gasteiger partial charge is 0.168 e. The van der Waals surface area contributed by atoms with Crippen LogP contribution in [0.25, 0.3) is 10.9 Å². The van der Waals surface area contributed by atoms with Gasteiger partial charge in [0.2, 0.25) is 0 Å². The molecular weight excluding hydrogens is 227 g/mol. The summed E-state index contributed by atoms with van der Waals surface area (Å²) in [6.07, 6.45) is 0.720. The number of fused-ring (bicyclic) bond motifs is 1. The Bertz CT molecular complexity index is 567. The Hall–Kier alpha value is -1.35. The summed E-state index contributed by atoms with van der Waals surface area (Å²) in [4.78, 5) is 4.28. The van der Waals surface area contributed by atoms with Crippen LogP contribution >= 0.6 is 11.6 Å². The normalized spacial score (nSPS) is 11.0. The van der Waals surface area contributed by atoms with Crippen molar-refractivity contribution in [1.82, 2.24) is 4.98 Å². The van der Waals surface area contributed by atoms with Gasteiger partial charge in [0.05, 0.1) is 5.02 Å². The maximum absolute atomic E-state index is 13.8. The molecule has 0 radical (unpaired) electrons. The van der Waals surface area contributed by atoms with Crippen molar-refractivity contribution in [3.63, 3.8) is 0 Å². The van der Waals surface area contributed by atoms with Crippen molar-refractivity contribution in [3.8, 4) is 0 Å². The monoisotopic (exact) mass is 238 g/mol. The molecule has 0 unspecified atom stereocenters. The van der Waals surface area contributed by atoms with Gasteiger partial charge in [-0.15, -0.1) is 0 Å². The first kappa shape index (κ1) is 11.1. The summed E-state index contributed by atoms with van der Waals surface area (Å²) in [6, 6.07) is 3.21. The number of anilines is 1. The van der Waals surface area contributed by atoms with Crippen molar-refractivity contribution >= 4 is 28.2 Å². The molecule has 0 fully saturated rings. The number of aryl methyl sites for hydroxylation is 1. The lowest BCUT2D eigenvalue weighted by Crippen LogP contribution is -2.01. The molecule has 1 aromatic carbocycles. The second-order valence-electron chi connectivity index (χ2n) is 3.71. The summed E-state index contributed by atoms with van der Waals surface area (Å²) in [5, 5.41) is 0.696. The molecule has 0 amide bonds. The van der Waals surface area contributed by atoms with Crippen molar-refractivity contribution in [2.45, 2.75) is 20.3 Å². The molecule has 0 aliphatic heterocycles. The van der Waals surface area contributed by atoms with Crippen LogP contribution in [0.1, 0.15) is 18.2 Å². The Morgan fingerprint density at radius 1 is 1.44 bits per heavy atom. The zero-order valence-corrected chi connectivity index (χ0v) is 9.90. The summed E-state index contributed by atoms with van der Waals surface area (Å²) in [6.45, 7) is 3.86. The first-order valence-electron chi connectivity index (χ1n) is 5.09. The standard InChI is InChI=1S/C12H12ClFN2/c1-3-9-6(2)11(15)7-4-5-8(13)10(14)12(7)16-9/h4-5H,3H2,1-2H3,(H2,15,16). The maximum Gasteiger partial charge on any atom is 0.168 e. The van der Waals surface area contributed by atoms with Gasteiger partial charge in [0.15, 0.2) is 5.82 Å². The van der Waals surface area contributed by atoms with Gasteiger partial charge in [0, 0.05) is 16.8 Å². The van der Waals surface area contributed by atoms with Crippen LogP contribution in [0.15, 0.2) is 12.1 Å². The second kappa shape index (κ2) is 3.91. The summed E-state index contributed by atoms with van der Waals surface area (Å²) in [5.41, 5.74) is 8.53. The zero-order chi connectivity index (χ0) is 11.9. The Morgan fingerprint density at radius 2 is 2.12 bits per heavy atom. The third-order valence-corrected chi connectivity index (χ3v) is 3.07. The molecule has 0 spiro atoms. The van der Waals surface area contributed by atoms with Gasteiger partial charge in [-0.2, -0.15) is 0 Å². The van der Waals surface area contributed by atoms with Gasteiger partial charge in [0.1, 0.15) is 5.52 Å². The molecule has 84 valence electrons. The molecule has 0 saturated heterocycles. The van der Waals surface area contributed by atoms with Crippen molar-refractivity contribution in [1.29, 1.82) is 0 Å². The number of nitrogens with zero attached hydrogens (tertiary/aromatic N) is 1. The molecule has 0 saturated carbocycles. The Morgan fingerprint density at radius 3 is 2.75 bits per heavy atom. The molecule has 2 nitrogen and oxygen atoms in total. The summed E-state index contributed by atoms with van der Waals surface area (Å²) in [7, 11) is 0. The average Bonchev–Trinajstić information content (AvgIpc) is 2.28. The van der Waals surface area contributed by atoms with E-state index < -0.39 is 5.82 Å². The number of halogens is 2. The van der Waals surface area contributed by atoms with Crippen LogP contribution in [-0.4, -0.2) is 4.98 Å². The van der Waals surface area contributed by atoms with Crippen LogP contribution in [0, 0.1) is 12.7 Å². The predicted molar refractivity (Wildman–Crippen MR) is 65.2 cm³/mol. The molecule has 0 atom stereocenters. The lowest BCUT2D eigenvalue weighted by molar-refractivity contribution is 0.636. The van der Waals surface area contributed by atoms with Crippen molar-refractivity contribution in [2.75, 3.05) is 5.73 Å². The van der Waals surface area contributed by atoms with Gasteiger partial charge >= 0.3 is 0 Å². The third-order valence-electron chi connectivity index (χ3n) is 2.78. The first-order valence-corrected chi connectivity index (χ1v) is 5.46. The number of rotatable bonds is 1. The molecule has 4 heteroatoms. The maximum atomic E-state index is 13.8. The Kier molecular flexibility index (Phi) is 2.72. The molecule has 16 heavy (non-hydrogen) atoms. The zero-order valence-electron chi connectivity index (χ0n) is 9.14. The molecule has 0 aliphatic carbocycles. The van der Waals surface area contributed by atoms with Crippen LogP contribution < -0.4 is 5.73 Å². The molecule has 2 aromatic rings. The van der Waals surface area contributed by atoms with E-state index in [1.165, 1.54) is 6.07 Å². The number of benzene rings is 1. The fraction of sp³-hybridized carbons (Fsp3) is 0.250. The van der Waals surface area contributed by atoms with Crippen molar-refractivity contribution < 1.29 is 4.39 Å². The minimum absolute atomic E-state index is 0.0744. The van der Waals surface area contributed by atoms with E-state index in [0.29, 0.717) is 11.1 Å². The van der Waals surface area contributed by atoms with Crippen molar-refractivity contribution in [3.05, 3.63) is 34.2 Å². The number of nitrogen functional groups attached to an aromatic ring is 1. The largest absolute Gasteiger partial charge is 0.398 e. The van der Waals surface area contributed by atoms with E-state index in [0.717, 1.165) is 17.7 Å².